The molecule has 0 saturated carbocycles. The van der Waals surface area contributed by atoms with Crippen molar-refractivity contribution in [1.29, 1.82) is 0 Å². The highest BCUT2D eigenvalue weighted by atomic mass is 16.4. The first kappa shape index (κ1) is 14.6. The maximum absolute atomic E-state index is 12.3. The summed E-state index contributed by atoms with van der Waals surface area (Å²) < 4.78 is 1.57. The number of hydrogen-bond donors (Lipinski definition) is 1. The fraction of sp³-hybridized carbons (Fsp3) is 0.643. The predicted molar refractivity (Wildman–Crippen MR) is 73.0 cm³/mol. The third kappa shape index (κ3) is 3.00. The van der Waals surface area contributed by atoms with Crippen molar-refractivity contribution in [2.75, 3.05) is 13.1 Å². The minimum Gasteiger partial charge on any atom is -0.481 e. The maximum atomic E-state index is 12.3. The van der Waals surface area contributed by atoms with Gasteiger partial charge >= 0.3 is 5.97 Å². The first-order valence-corrected chi connectivity index (χ1v) is 7.06. The van der Waals surface area contributed by atoms with Gasteiger partial charge in [0.1, 0.15) is 6.54 Å². The van der Waals surface area contributed by atoms with E-state index in [1.54, 1.807) is 28.0 Å². The molecule has 0 aliphatic carbocycles. The molecule has 6 nitrogen and oxygen atoms in total. The summed E-state index contributed by atoms with van der Waals surface area (Å²) in [4.78, 5) is 25.5. The van der Waals surface area contributed by atoms with Crippen LogP contribution in [-0.4, -0.2) is 44.8 Å². The minimum atomic E-state index is -0.782. The molecule has 1 amide bonds. The molecular weight excluding hydrogens is 258 g/mol. The SMILES string of the molecule is CCCC1(C(=O)O)CCCN(C(=O)Cn2cccn2)C1. The molecule has 1 N–H and O–H groups in total. The van der Waals surface area contributed by atoms with Crippen LogP contribution >= 0.6 is 0 Å². The van der Waals surface area contributed by atoms with Crippen LogP contribution in [0.2, 0.25) is 0 Å². The second kappa shape index (κ2) is 6.07. The summed E-state index contributed by atoms with van der Waals surface area (Å²) in [7, 11) is 0. The molecule has 0 aromatic carbocycles. The lowest BCUT2D eigenvalue weighted by Gasteiger charge is -2.40. The van der Waals surface area contributed by atoms with E-state index in [0.29, 0.717) is 25.9 Å². The topological polar surface area (TPSA) is 75.4 Å². The number of carboxylic acids is 1. The number of piperidine rings is 1. The molecule has 1 saturated heterocycles. The van der Waals surface area contributed by atoms with Crippen molar-refractivity contribution in [3.63, 3.8) is 0 Å². The normalized spacial score (nSPS) is 22.8. The molecule has 1 atom stereocenters. The summed E-state index contributed by atoms with van der Waals surface area (Å²) in [6, 6.07) is 1.77. The van der Waals surface area contributed by atoms with Crippen molar-refractivity contribution < 1.29 is 14.7 Å². The third-order valence-corrected chi connectivity index (χ3v) is 3.97. The summed E-state index contributed by atoms with van der Waals surface area (Å²) in [6.45, 7) is 3.11. The summed E-state index contributed by atoms with van der Waals surface area (Å²) in [6.07, 6.45) is 6.20. The van der Waals surface area contributed by atoms with Crippen LogP contribution in [-0.2, 0) is 16.1 Å². The minimum absolute atomic E-state index is 0.0601. The summed E-state index contributed by atoms with van der Waals surface area (Å²) in [5.41, 5.74) is -0.771. The second-order valence-electron chi connectivity index (χ2n) is 5.46. The van der Waals surface area contributed by atoms with Crippen molar-refractivity contribution in [2.45, 2.75) is 39.2 Å². The number of carboxylic acid groups (broad SMARTS) is 1. The number of hydrogen-bond acceptors (Lipinski definition) is 3. The van der Waals surface area contributed by atoms with Gasteiger partial charge in [-0.2, -0.15) is 5.10 Å². The first-order chi connectivity index (χ1) is 9.57. The fourth-order valence-electron chi connectivity index (χ4n) is 2.94. The molecule has 1 fully saturated rings. The monoisotopic (exact) mass is 279 g/mol. The summed E-state index contributed by atoms with van der Waals surface area (Å²) >= 11 is 0. The van der Waals surface area contributed by atoms with Crippen molar-refractivity contribution in [2.24, 2.45) is 5.41 Å². The summed E-state index contributed by atoms with van der Waals surface area (Å²) in [5, 5.41) is 13.5. The number of likely N-dealkylation sites (tertiary alicyclic amines) is 1. The van der Waals surface area contributed by atoms with Crippen LogP contribution in [0.1, 0.15) is 32.6 Å². The predicted octanol–water partition coefficient (Wildman–Crippen LogP) is 1.38. The van der Waals surface area contributed by atoms with Gasteiger partial charge in [0.15, 0.2) is 0 Å². The standard InChI is InChI=1S/C14H21N3O3/c1-2-5-14(13(19)20)6-3-8-16(11-14)12(18)10-17-9-4-7-15-17/h4,7,9H,2-3,5-6,8,10-11H2,1H3,(H,19,20). The highest BCUT2D eigenvalue weighted by molar-refractivity contribution is 5.79. The Balaban J connectivity index is 2.05. The Morgan fingerprint density at radius 2 is 2.25 bits per heavy atom. The molecule has 1 unspecified atom stereocenters. The largest absolute Gasteiger partial charge is 0.481 e. The van der Waals surface area contributed by atoms with Gasteiger partial charge in [-0.1, -0.05) is 13.3 Å². The van der Waals surface area contributed by atoms with Gasteiger partial charge in [0.2, 0.25) is 5.91 Å². The van der Waals surface area contributed by atoms with Crippen LogP contribution in [0.25, 0.3) is 0 Å². The third-order valence-electron chi connectivity index (χ3n) is 3.97. The van der Waals surface area contributed by atoms with Gasteiger partial charge in [-0.15, -0.1) is 0 Å². The van der Waals surface area contributed by atoms with Gasteiger partial charge < -0.3 is 10.0 Å². The molecule has 2 heterocycles. The Labute approximate surface area is 118 Å². The molecule has 0 spiro atoms. The number of amides is 1. The maximum Gasteiger partial charge on any atom is 0.311 e. The Bertz CT molecular complexity index is 468. The van der Waals surface area contributed by atoms with Crippen molar-refractivity contribution in [3.8, 4) is 0 Å². The van der Waals surface area contributed by atoms with E-state index in [4.69, 9.17) is 0 Å². The van der Waals surface area contributed by atoms with E-state index in [9.17, 15) is 14.7 Å². The fourth-order valence-corrected chi connectivity index (χ4v) is 2.94. The lowest BCUT2D eigenvalue weighted by Crippen LogP contribution is -2.50. The molecule has 6 heteroatoms. The van der Waals surface area contributed by atoms with Crippen molar-refractivity contribution >= 4 is 11.9 Å². The van der Waals surface area contributed by atoms with Gasteiger partial charge in [-0.05, 0) is 25.3 Å². The van der Waals surface area contributed by atoms with E-state index in [1.807, 2.05) is 6.92 Å². The van der Waals surface area contributed by atoms with Gasteiger partial charge in [-0.3, -0.25) is 14.3 Å². The molecule has 0 bridgehead atoms. The lowest BCUT2D eigenvalue weighted by molar-refractivity contribution is -0.155. The molecular formula is C14H21N3O3. The average Bonchev–Trinajstić information content (AvgIpc) is 2.92. The Kier molecular flexibility index (Phi) is 4.42. The lowest BCUT2D eigenvalue weighted by atomic mass is 9.76. The second-order valence-corrected chi connectivity index (χ2v) is 5.46. The molecule has 0 radical (unpaired) electrons. The van der Waals surface area contributed by atoms with E-state index in [1.165, 1.54) is 0 Å². The van der Waals surface area contributed by atoms with Crippen LogP contribution in [0.5, 0.6) is 0 Å². The van der Waals surface area contributed by atoms with Crippen molar-refractivity contribution in [3.05, 3.63) is 18.5 Å². The molecule has 20 heavy (non-hydrogen) atoms. The number of aliphatic carboxylic acids is 1. The van der Waals surface area contributed by atoms with Gasteiger partial charge in [-0.25, -0.2) is 0 Å². The van der Waals surface area contributed by atoms with E-state index < -0.39 is 11.4 Å². The average molecular weight is 279 g/mol. The Morgan fingerprint density at radius 1 is 1.45 bits per heavy atom. The molecule has 1 aliphatic heterocycles. The Hall–Kier alpha value is -1.85. The van der Waals surface area contributed by atoms with E-state index in [2.05, 4.69) is 5.10 Å². The van der Waals surface area contributed by atoms with Crippen LogP contribution in [0.3, 0.4) is 0 Å². The van der Waals surface area contributed by atoms with E-state index in [-0.39, 0.29) is 12.5 Å². The summed E-state index contributed by atoms with van der Waals surface area (Å²) in [5.74, 6) is -0.842. The molecule has 1 aromatic rings. The molecule has 1 aromatic heterocycles. The Morgan fingerprint density at radius 3 is 2.85 bits per heavy atom. The number of carbonyl (C=O) groups is 2. The highest BCUT2D eigenvalue weighted by Crippen LogP contribution is 2.35. The molecule has 2 rings (SSSR count). The van der Waals surface area contributed by atoms with Gasteiger partial charge in [0.05, 0.1) is 5.41 Å². The highest BCUT2D eigenvalue weighted by Gasteiger charge is 2.42. The zero-order valence-electron chi connectivity index (χ0n) is 11.8. The number of rotatable bonds is 5. The van der Waals surface area contributed by atoms with Gasteiger partial charge in [0.25, 0.3) is 0 Å². The molecule has 110 valence electrons. The van der Waals surface area contributed by atoms with E-state index >= 15 is 0 Å². The van der Waals surface area contributed by atoms with Crippen LogP contribution in [0, 0.1) is 5.41 Å². The number of nitrogens with zero attached hydrogens (tertiary/aromatic N) is 3. The number of aromatic nitrogens is 2. The quantitative estimate of drug-likeness (QED) is 0.883. The zero-order chi connectivity index (χ0) is 14.6. The molecule has 1 aliphatic rings. The zero-order valence-corrected chi connectivity index (χ0v) is 11.8. The van der Waals surface area contributed by atoms with Crippen molar-refractivity contribution in [1.82, 2.24) is 14.7 Å². The van der Waals surface area contributed by atoms with Crippen LogP contribution in [0.15, 0.2) is 18.5 Å². The van der Waals surface area contributed by atoms with E-state index in [0.717, 1.165) is 12.8 Å². The number of carbonyl (C=O) groups excluding carboxylic acids is 1. The van der Waals surface area contributed by atoms with Gasteiger partial charge in [0, 0.05) is 25.5 Å². The van der Waals surface area contributed by atoms with Crippen LogP contribution < -0.4 is 0 Å². The smallest absolute Gasteiger partial charge is 0.311 e. The van der Waals surface area contributed by atoms with Crippen LogP contribution in [0.4, 0.5) is 0 Å². The first-order valence-electron chi connectivity index (χ1n) is 7.06.